The van der Waals surface area contributed by atoms with Crippen LogP contribution in [0.1, 0.15) is 10.5 Å². The van der Waals surface area contributed by atoms with Crippen molar-refractivity contribution in [3.8, 4) is 16.9 Å². The van der Waals surface area contributed by atoms with Gasteiger partial charge in [-0.3, -0.25) is 9.59 Å². The third kappa shape index (κ3) is 4.01. The van der Waals surface area contributed by atoms with Gasteiger partial charge in [0, 0.05) is 49.1 Å². The number of ether oxygens (including phenoxy) is 1. The molecule has 0 saturated carbocycles. The van der Waals surface area contributed by atoms with Crippen LogP contribution < -0.4 is 9.64 Å². The number of rotatable bonds is 5. The lowest BCUT2D eigenvalue weighted by molar-refractivity contribution is -0.126. The van der Waals surface area contributed by atoms with Gasteiger partial charge in [-0.15, -0.1) is 0 Å². The molecule has 4 aromatic rings. The molecule has 172 valence electrons. The molecule has 1 fully saturated rings. The number of hydrogen-bond acceptors (Lipinski definition) is 4. The van der Waals surface area contributed by atoms with E-state index in [2.05, 4.69) is 4.90 Å². The minimum atomic E-state index is -0.535. The molecule has 0 aliphatic carbocycles. The first-order valence-electron chi connectivity index (χ1n) is 11.1. The highest BCUT2D eigenvalue weighted by molar-refractivity contribution is 6.43. The van der Waals surface area contributed by atoms with Gasteiger partial charge in [-0.05, 0) is 60.2 Å². The monoisotopic (exact) mass is 457 g/mol. The number of carbonyl (C=O) groups is 2. The van der Waals surface area contributed by atoms with Crippen LogP contribution in [0.5, 0.6) is 5.75 Å². The number of benzene rings is 2. The number of Topliss-reactive ketones (excluding diaryl/α,β-unsaturated/α-hetero) is 1. The Bertz CT molecular complexity index is 1340. The highest BCUT2D eigenvalue weighted by Crippen LogP contribution is 2.30. The lowest BCUT2D eigenvalue weighted by atomic mass is 10.0. The molecule has 0 atom stereocenters. The largest absolute Gasteiger partial charge is 0.497 e. The van der Waals surface area contributed by atoms with Gasteiger partial charge in [0.2, 0.25) is 0 Å². The fourth-order valence-electron chi connectivity index (χ4n) is 4.41. The van der Waals surface area contributed by atoms with Crippen LogP contribution in [0.2, 0.25) is 0 Å². The van der Waals surface area contributed by atoms with Crippen molar-refractivity contribution in [2.24, 2.45) is 0 Å². The maximum Gasteiger partial charge on any atom is 0.296 e. The van der Waals surface area contributed by atoms with E-state index in [4.69, 9.17) is 4.74 Å². The molecule has 3 heterocycles. The zero-order valence-corrected chi connectivity index (χ0v) is 18.8. The predicted molar refractivity (Wildman–Crippen MR) is 129 cm³/mol. The first-order valence-corrected chi connectivity index (χ1v) is 11.1. The van der Waals surface area contributed by atoms with Crippen molar-refractivity contribution in [3.63, 3.8) is 0 Å². The van der Waals surface area contributed by atoms with E-state index in [-0.39, 0.29) is 5.82 Å². The number of halogens is 1. The van der Waals surface area contributed by atoms with Crippen molar-refractivity contribution in [3.05, 3.63) is 90.5 Å². The van der Waals surface area contributed by atoms with Crippen LogP contribution in [0.4, 0.5) is 10.1 Å². The Balaban J connectivity index is 1.40. The Morgan fingerprint density at radius 1 is 0.882 bits per heavy atom. The van der Waals surface area contributed by atoms with Crippen LogP contribution in [-0.4, -0.2) is 54.3 Å². The molecular weight excluding hydrogens is 433 g/mol. The highest BCUT2D eigenvalue weighted by atomic mass is 19.1. The molecule has 0 N–H and O–H groups in total. The molecule has 5 rings (SSSR count). The van der Waals surface area contributed by atoms with Crippen molar-refractivity contribution in [1.82, 2.24) is 9.30 Å². The van der Waals surface area contributed by atoms with E-state index in [1.165, 1.54) is 12.1 Å². The summed E-state index contributed by atoms with van der Waals surface area (Å²) in [4.78, 5) is 30.5. The number of methoxy groups -OCH3 is 1. The normalized spacial score (nSPS) is 13.8. The Hall–Kier alpha value is -4.13. The second-order valence-electron chi connectivity index (χ2n) is 8.22. The minimum absolute atomic E-state index is 0.282. The summed E-state index contributed by atoms with van der Waals surface area (Å²) in [5, 5.41) is 0. The molecule has 0 spiro atoms. The smallest absolute Gasteiger partial charge is 0.296 e. The first-order chi connectivity index (χ1) is 16.5. The summed E-state index contributed by atoms with van der Waals surface area (Å²) >= 11 is 0. The Morgan fingerprint density at radius 3 is 2.26 bits per heavy atom. The van der Waals surface area contributed by atoms with E-state index in [0.29, 0.717) is 37.4 Å². The van der Waals surface area contributed by atoms with Crippen molar-refractivity contribution >= 4 is 22.9 Å². The topological polar surface area (TPSA) is 54.3 Å². The summed E-state index contributed by atoms with van der Waals surface area (Å²) < 4.78 is 20.3. The standard InChI is InChI=1S/C27H24FN3O3/c1-34-23-11-5-19(6-12-23)24-18-22-4-2-3-13-31(22)25(24)26(32)27(33)30-16-14-29(15-17-30)21-9-7-20(28)8-10-21/h2-13,18H,14-17H2,1H3. The molecule has 0 radical (unpaired) electrons. The molecule has 2 aromatic carbocycles. The zero-order valence-electron chi connectivity index (χ0n) is 18.8. The molecule has 2 aromatic heterocycles. The van der Waals surface area contributed by atoms with Gasteiger partial charge in [0.15, 0.2) is 0 Å². The highest BCUT2D eigenvalue weighted by Gasteiger charge is 2.30. The Labute approximate surface area is 196 Å². The summed E-state index contributed by atoms with van der Waals surface area (Å²) in [5.74, 6) is -0.615. The maximum atomic E-state index is 13.5. The first kappa shape index (κ1) is 21.7. The quantitative estimate of drug-likeness (QED) is 0.332. The van der Waals surface area contributed by atoms with Crippen molar-refractivity contribution in [2.75, 3.05) is 38.2 Å². The third-order valence-electron chi connectivity index (χ3n) is 6.25. The number of aromatic nitrogens is 1. The van der Waals surface area contributed by atoms with Gasteiger partial charge in [-0.2, -0.15) is 0 Å². The molecule has 1 amide bonds. The third-order valence-corrected chi connectivity index (χ3v) is 6.25. The van der Waals surface area contributed by atoms with E-state index in [1.807, 2.05) is 48.5 Å². The van der Waals surface area contributed by atoms with Crippen LogP contribution in [-0.2, 0) is 4.79 Å². The number of ketones is 1. The lowest BCUT2D eigenvalue weighted by Crippen LogP contribution is -2.50. The number of hydrogen-bond donors (Lipinski definition) is 0. The fourth-order valence-corrected chi connectivity index (χ4v) is 4.41. The Kier molecular flexibility index (Phi) is 5.76. The van der Waals surface area contributed by atoms with Crippen molar-refractivity contribution < 1.29 is 18.7 Å². The number of anilines is 1. The minimum Gasteiger partial charge on any atom is -0.497 e. The van der Waals surface area contributed by atoms with Gasteiger partial charge in [0.1, 0.15) is 17.3 Å². The van der Waals surface area contributed by atoms with Crippen LogP contribution >= 0.6 is 0 Å². The molecule has 7 heteroatoms. The molecule has 1 aliphatic heterocycles. The summed E-state index contributed by atoms with van der Waals surface area (Å²) in [6, 6.07) is 21.3. The summed E-state index contributed by atoms with van der Waals surface area (Å²) in [7, 11) is 1.60. The average Bonchev–Trinajstić information content (AvgIpc) is 3.28. The molecule has 1 saturated heterocycles. The SMILES string of the molecule is COc1ccc(-c2cc3ccccn3c2C(=O)C(=O)N2CCN(c3ccc(F)cc3)CC2)cc1. The van der Waals surface area contributed by atoms with Gasteiger partial charge in [0.25, 0.3) is 11.7 Å². The van der Waals surface area contributed by atoms with Gasteiger partial charge in [0.05, 0.1) is 7.11 Å². The van der Waals surface area contributed by atoms with E-state index in [1.54, 1.807) is 34.7 Å². The average molecular weight is 458 g/mol. The molecule has 0 bridgehead atoms. The van der Waals surface area contributed by atoms with E-state index in [9.17, 15) is 14.0 Å². The van der Waals surface area contributed by atoms with Crippen molar-refractivity contribution in [2.45, 2.75) is 0 Å². The predicted octanol–water partition coefficient (Wildman–Crippen LogP) is 4.29. The van der Waals surface area contributed by atoms with Crippen LogP contribution in [0, 0.1) is 5.82 Å². The number of piperazine rings is 1. The number of fused-ring (bicyclic) bond motifs is 1. The number of amides is 1. The molecule has 6 nitrogen and oxygen atoms in total. The number of carbonyl (C=O) groups excluding carboxylic acids is 2. The number of pyridine rings is 1. The second-order valence-corrected chi connectivity index (χ2v) is 8.22. The van der Waals surface area contributed by atoms with Crippen LogP contribution in [0.3, 0.4) is 0 Å². The molecular formula is C27H24FN3O3. The Morgan fingerprint density at radius 2 is 1.59 bits per heavy atom. The molecule has 1 aliphatic rings. The summed E-state index contributed by atoms with van der Waals surface area (Å²) in [6.07, 6.45) is 1.80. The molecule has 34 heavy (non-hydrogen) atoms. The van der Waals surface area contributed by atoms with Gasteiger partial charge in [-0.1, -0.05) is 18.2 Å². The number of nitrogens with zero attached hydrogens (tertiary/aromatic N) is 3. The summed E-state index contributed by atoms with van der Waals surface area (Å²) in [5.41, 5.74) is 3.63. The second kappa shape index (κ2) is 9.02. The van der Waals surface area contributed by atoms with E-state index < -0.39 is 11.7 Å². The van der Waals surface area contributed by atoms with Crippen LogP contribution in [0.25, 0.3) is 16.6 Å². The summed E-state index contributed by atoms with van der Waals surface area (Å²) in [6.45, 7) is 1.99. The van der Waals surface area contributed by atoms with E-state index >= 15 is 0 Å². The van der Waals surface area contributed by atoms with Gasteiger partial charge >= 0.3 is 0 Å². The molecule has 0 unspecified atom stereocenters. The van der Waals surface area contributed by atoms with Crippen molar-refractivity contribution in [1.29, 1.82) is 0 Å². The van der Waals surface area contributed by atoms with Crippen LogP contribution in [0.15, 0.2) is 79.0 Å². The zero-order chi connectivity index (χ0) is 23.7. The lowest BCUT2D eigenvalue weighted by Gasteiger charge is -2.35. The van der Waals surface area contributed by atoms with Gasteiger partial charge in [-0.25, -0.2) is 4.39 Å². The fraction of sp³-hybridized carbons (Fsp3) is 0.185. The van der Waals surface area contributed by atoms with E-state index in [0.717, 1.165) is 22.5 Å². The van der Waals surface area contributed by atoms with Gasteiger partial charge < -0.3 is 18.9 Å². The maximum absolute atomic E-state index is 13.5.